The summed E-state index contributed by atoms with van der Waals surface area (Å²) < 4.78 is 26.6. The minimum absolute atomic E-state index is 0.0818. The molecule has 1 aromatic heterocycles. The Morgan fingerprint density at radius 3 is 2.41 bits per heavy atom. The highest BCUT2D eigenvalue weighted by Crippen LogP contribution is 2.21. The van der Waals surface area contributed by atoms with Crippen molar-refractivity contribution in [1.29, 1.82) is 0 Å². The zero-order chi connectivity index (χ0) is 12.6. The number of thiophene rings is 1. The van der Waals surface area contributed by atoms with Crippen molar-refractivity contribution in [3.63, 3.8) is 0 Å². The zero-order valence-electron chi connectivity index (χ0n) is 9.38. The summed E-state index contributed by atoms with van der Waals surface area (Å²) in [6.07, 6.45) is 0. The number of aryl methyl sites for hydroxylation is 2. The van der Waals surface area contributed by atoms with Gasteiger partial charge in [-0.3, -0.25) is 4.79 Å². The first-order valence-electron chi connectivity index (χ1n) is 5.04. The molecule has 0 N–H and O–H groups in total. The molecule has 1 aromatic carbocycles. The molecule has 0 aliphatic rings. The third kappa shape index (κ3) is 2.26. The Balaban J connectivity index is 2.47. The minimum Gasteiger partial charge on any atom is -0.288 e. The van der Waals surface area contributed by atoms with Crippen LogP contribution in [0.25, 0.3) is 0 Å². The van der Waals surface area contributed by atoms with E-state index in [2.05, 4.69) is 0 Å². The van der Waals surface area contributed by atoms with E-state index in [0.717, 1.165) is 10.9 Å². The van der Waals surface area contributed by atoms with Gasteiger partial charge < -0.3 is 0 Å². The molecule has 2 rings (SSSR count). The molecule has 0 atom stereocenters. The highest BCUT2D eigenvalue weighted by Gasteiger charge is 2.17. The van der Waals surface area contributed by atoms with Gasteiger partial charge in [0.05, 0.1) is 5.56 Å². The first-order valence-corrected chi connectivity index (χ1v) is 5.92. The van der Waals surface area contributed by atoms with Crippen molar-refractivity contribution >= 4 is 17.1 Å². The zero-order valence-corrected chi connectivity index (χ0v) is 10.2. The highest BCUT2D eigenvalue weighted by molar-refractivity contribution is 7.10. The van der Waals surface area contributed by atoms with Crippen molar-refractivity contribution in [2.45, 2.75) is 13.8 Å². The van der Waals surface area contributed by atoms with Crippen LogP contribution in [-0.2, 0) is 0 Å². The molecule has 4 heteroatoms. The van der Waals surface area contributed by atoms with Gasteiger partial charge in [0.15, 0.2) is 5.78 Å². The van der Waals surface area contributed by atoms with Crippen LogP contribution in [0.2, 0.25) is 0 Å². The number of hydrogen-bond acceptors (Lipinski definition) is 2. The lowest BCUT2D eigenvalue weighted by Gasteiger charge is -2.03. The highest BCUT2D eigenvalue weighted by atomic mass is 32.1. The van der Waals surface area contributed by atoms with Gasteiger partial charge in [-0.2, -0.15) is 0 Å². The van der Waals surface area contributed by atoms with Crippen molar-refractivity contribution in [2.75, 3.05) is 0 Å². The molecule has 0 aliphatic heterocycles. The first kappa shape index (κ1) is 11.9. The van der Waals surface area contributed by atoms with Crippen LogP contribution >= 0.6 is 11.3 Å². The first-order chi connectivity index (χ1) is 7.99. The van der Waals surface area contributed by atoms with Crippen molar-refractivity contribution in [2.24, 2.45) is 0 Å². The van der Waals surface area contributed by atoms with E-state index in [0.29, 0.717) is 5.56 Å². The summed E-state index contributed by atoms with van der Waals surface area (Å²) in [7, 11) is 0. The fourth-order valence-electron chi connectivity index (χ4n) is 1.55. The lowest BCUT2D eigenvalue weighted by Crippen LogP contribution is -2.04. The number of ketones is 1. The topological polar surface area (TPSA) is 17.1 Å². The maximum atomic E-state index is 13.5. The van der Waals surface area contributed by atoms with Crippen LogP contribution in [0.1, 0.15) is 26.4 Å². The van der Waals surface area contributed by atoms with E-state index in [-0.39, 0.29) is 11.1 Å². The Bertz CT molecular complexity index is 587. The molecule has 0 amide bonds. The molecule has 1 nitrogen and oxygen atoms in total. The molecule has 0 aliphatic carbocycles. The number of halogens is 2. The number of hydrogen-bond donors (Lipinski definition) is 0. The van der Waals surface area contributed by atoms with Crippen molar-refractivity contribution < 1.29 is 13.6 Å². The maximum Gasteiger partial charge on any atom is 0.196 e. The van der Waals surface area contributed by atoms with Gasteiger partial charge in [-0.1, -0.05) is 0 Å². The summed E-state index contributed by atoms with van der Waals surface area (Å²) in [4.78, 5) is 13.0. The molecule has 0 unspecified atom stereocenters. The van der Waals surface area contributed by atoms with Crippen molar-refractivity contribution in [3.8, 4) is 0 Å². The van der Waals surface area contributed by atoms with Crippen molar-refractivity contribution in [1.82, 2.24) is 0 Å². The van der Waals surface area contributed by atoms with Gasteiger partial charge >= 0.3 is 0 Å². The fraction of sp³-hybridized carbons (Fsp3) is 0.154. The van der Waals surface area contributed by atoms with Gasteiger partial charge in [-0.15, -0.1) is 11.3 Å². The average molecular weight is 252 g/mol. The van der Waals surface area contributed by atoms with E-state index >= 15 is 0 Å². The molecule has 0 radical (unpaired) electrons. The van der Waals surface area contributed by atoms with E-state index in [1.165, 1.54) is 24.3 Å². The second-order valence-corrected chi connectivity index (χ2v) is 4.97. The van der Waals surface area contributed by atoms with Crippen LogP contribution in [0.15, 0.2) is 23.6 Å². The Kier molecular flexibility index (Phi) is 3.07. The van der Waals surface area contributed by atoms with Crippen LogP contribution in [0.4, 0.5) is 8.78 Å². The Hall–Kier alpha value is -1.55. The second-order valence-electron chi connectivity index (χ2n) is 3.86. The summed E-state index contributed by atoms with van der Waals surface area (Å²) in [5.74, 6) is -1.86. The third-order valence-corrected chi connectivity index (χ3v) is 3.35. The van der Waals surface area contributed by atoms with Crippen LogP contribution in [-0.4, -0.2) is 5.78 Å². The second kappa shape index (κ2) is 4.37. The quantitative estimate of drug-likeness (QED) is 0.741. The molecule has 0 fully saturated rings. The predicted molar refractivity (Wildman–Crippen MR) is 63.6 cm³/mol. The summed E-state index contributed by atoms with van der Waals surface area (Å²) in [5, 5.41) is 1.68. The van der Waals surface area contributed by atoms with E-state index in [1.807, 2.05) is 6.92 Å². The Morgan fingerprint density at radius 2 is 1.82 bits per heavy atom. The van der Waals surface area contributed by atoms with Gasteiger partial charge in [-0.05, 0) is 31.5 Å². The van der Waals surface area contributed by atoms with E-state index in [4.69, 9.17) is 0 Å². The molecule has 2 aromatic rings. The molecular formula is C13H10F2OS. The fourth-order valence-corrected chi connectivity index (χ4v) is 2.23. The van der Waals surface area contributed by atoms with Crippen LogP contribution in [0, 0.1) is 25.5 Å². The molecule has 88 valence electrons. The summed E-state index contributed by atoms with van der Waals surface area (Å²) in [6.45, 7) is 3.37. The summed E-state index contributed by atoms with van der Waals surface area (Å²) >= 11 is 1.42. The van der Waals surface area contributed by atoms with Gasteiger partial charge in [-0.25, -0.2) is 8.78 Å². The van der Waals surface area contributed by atoms with E-state index in [1.54, 1.807) is 11.4 Å². The normalized spacial score (nSPS) is 10.6. The summed E-state index contributed by atoms with van der Waals surface area (Å²) in [5.41, 5.74) is 0.626. The Labute approximate surface area is 102 Å². The molecule has 0 spiro atoms. The third-order valence-electron chi connectivity index (χ3n) is 2.49. The minimum atomic E-state index is -0.818. The predicted octanol–water partition coefficient (Wildman–Crippen LogP) is 3.87. The number of carbonyl (C=O) groups is 1. The largest absolute Gasteiger partial charge is 0.288 e. The molecule has 0 saturated heterocycles. The van der Waals surface area contributed by atoms with Crippen LogP contribution in [0.3, 0.4) is 0 Å². The Morgan fingerprint density at radius 1 is 1.12 bits per heavy atom. The summed E-state index contributed by atoms with van der Waals surface area (Å²) in [6, 6.07) is 3.70. The van der Waals surface area contributed by atoms with Gasteiger partial charge in [0, 0.05) is 21.9 Å². The average Bonchev–Trinajstić information content (AvgIpc) is 2.69. The lowest BCUT2D eigenvalue weighted by atomic mass is 10.0. The lowest BCUT2D eigenvalue weighted by molar-refractivity contribution is 0.103. The standard InChI is InChI=1S/C13H10F2OS/c1-7-3-10(12(15)5-11(7)14)13(16)9-4-8(2)17-6-9/h3-6H,1-2H3. The maximum absolute atomic E-state index is 13.5. The number of carbonyl (C=O) groups excluding carboxylic acids is 1. The molecule has 0 bridgehead atoms. The SMILES string of the molecule is Cc1cc(C(=O)c2cc(C)c(F)cc2F)cs1. The van der Waals surface area contributed by atoms with Gasteiger partial charge in [0.25, 0.3) is 0 Å². The molecule has 17 heavy (non-hydrogen) atoms. The van der Waals surface area contributed by atoms with Crippen molar-refractivity contribution in [3.05, 3.63) is 56.8 Å². The van der Waals surface area contributed by atoms with E-state index in [9.17, 15) is 13.6 Å². The molecule has 1 heterocycles. The van der Waals surface area contributed by atoms with Gasteiger partial charge in [0.1, 0.15) is 11.6 Å². The van der Waals surface area contributed by atoms with Gasteiger partial charge in [0.2, 0.25) is 0 Å². The number of benzene rings is 1. The van der Waals surface area contributed by atoms with Crippen LogP contribution < -0.4 is 0 Å². The molecule has 0 saturated carbocycles. The smallest absolute Gasteiger partial charge is 0.196 e. The monoisotopic (exact) mass is 252 g/mol. The molecular weight excluding hydrogens is 242 g/mol. The van der Waals surface area contributed by atoms with E-state index < -0.39 is 17.4 Å². The number of rotatable bonds is 2. The van der Waals surface area contributed by atoms with Crippen LogP contribution in [0.5, 0.6) is 0 Å².